The first kappa shape index (κ1) is 17.9. The molecule has 0 atom stereocenters. The Balaban J connectivity index is 1.48. The number of carbonyl (C=O) groups excluding carboxylic acids is 1. The van der Waals surface area contributed by atoms with Gasteiger partial charge in [0.1, 0.15) is 5.02 Å². The van der Waals surface area contributed by atoms with Crippen LogP contribution in [0, 0.1) is 10.1 Å². The molecular weight excluding hydrogens is 376 g/mol. The highest BCUT2D eigenvalue weighted by molar-refractivity contribution is 6.32. The van der Waals surface area contributed by atoms with E-state index in [2.05, 4.69) is 17.4 Å². The second kappa shape index (κ2) is 7.29. The summed E-state index contributed by atoms with van der Waals surface area (Å²) in [4.78, 5) is 22.6. The lowest BCUT2D eigenvalue weighted by atomic mass is 10.1. The number of hydrogen-bond donors (Lipinski definition) is 1. The molecular formula is C22H15ClN2O3. The van der Waals surface area contributed by atoms with Gasteiger partial charge in [-0.25, -0.2) is 0 Å². The van der Waals surface area contributed by atoms with E-state index < -0.39 is 4.92 Å². The minimum atomic E-state index is -0.553. The first-order chi connectivity index (χ1) is 13.5. The van der Waals surface area contributed by atoms with Crippen molar-refractivity contribution in [3.05, 3.63) is 98.6 Å². The summed E-state index contributed by atoms with van der Waals surface area (Å²) < 4.78 is 0. The van der Waals surface area contributed by atoms with Crippen LogP contribution in [0.2, 0.25) is 5.02 Å². The summed E-state index contributed by atoms with van der Waals surface area (Å²) >= 11 is 5.80. The minimum absolute atomic E-state index is 0.0609. The Morgan fingerprint density at radius 3 is 2.64 bits per heavy atom. The Morgan fingerprint density at radius 2 is 1.82 bits per heavy atom. The van der Waals surface area contributed by atoms with Gasteiger partial charge in [0, 0.05) is 17.8 Å². The summed E-state index contributed by atoms with van der Waals surface area (Å²) in [5.74, 6) is -0.312. The molecule has 0 heterocycles. The first-order valence-electron chi connectivity index (χ1n) is 8.65. The molecule has 0 bridgehead atoms. The van der Waals surface area contributed by atoms with Crippen molar-refractivity contribution < 1.29 is 9.72 Å². The normalized spacial score (nSPS) is 11.9. The van der Waals surface area contributed by atoms with E-state index >= 15 is 0 Å². The topological polar surface area (TPSA) is 72.2 Å². The van der Waals surface area contributed by atoms with Gasteiger partial charge >= 0.3 is 0 Å². The SMILES string of the molecule is O=C(/C=C/c1ccc(Cl)c([N+](=O)[O-])c1)Nc1ccc2c(c1)Cc1ccccc1-2. The van der Waals surface area contributed by atoms with Crippen LogP contribution in [0.25, 0.3) is 17.2 Å². The van der Waals surface area contributed by atoms with E-state index in [1.54, 1.807) is 6.07 Å². The maximum absolute atomic E-state index is 12.2. The van der Waals surface area contributed by atoms with Gasteiger partial charge in [0.2, 0.25) is 5.91 Å². The van der Waals surface area contributed by atoms with Crippen LogP contribution in [0.5, 0.6) is 0 Å². The number of nitro groups is 1. The van der Waals surface area contributed by atoms with Gasteiger partial charge in [0.25, 0.3) is 5.69 Å². The lowest BCUT2D eigenvalue weighted by Crippen LogP contribution is -2.07. The highest BCUT2D eigenvalue weighted by Crippen LogP contribution is 2.37. The average Bonchev–Trinajstić information content (AvgIpc) is 3.05. The van der Waals surface area contributed by atoms with Crippen molar-refractivity contribution in [1.29, 1.82) is 0 Å². The van der Waals surface area contributed by atoms with Gasteiger partial charge in [0.15, 0.2) is 0 Å². The molecule has 1 amide bonds. The van der Waals surface area contributed by atoms with E-state index in [9.17, 15) is 14.9 Å². The Kier molecular flexibility index (Phi) is 4.67. The zero-order valence-corrected chi connectivity index (χ0v) is 15.4. The highest BCUT2D eigenvalue weighted by Gasteiger charge is 2.18. The third kappa shape index (κ3) is 3.52. The molecule has 4 rings (SSSR count). The Morgan fingerprint density at radius 1 is 1.04 bits per heavy atom. The van der Waals surface area contributed by atoms with Crippen molar-refractivity contribution in [3.63, 3.8) is 0 Å². The number of hydrogen-bond acceptors (Lipinski definition) is 3. The quantitative estimate of drug-likeness (QED) is 0.285. The fourth-order valence-electron chi connectivity index (χ4n) is 3.35. The van der Waals surface area contributed by atoms with Crippen molar-refractivity contribution in [2.24, 2.45) is 0 Å². The monoisotopic (exact) mass is 390 g/mol. The molecule has 6 heteroatoms. The van der Waals surface area contributed by atoms with E-state index in [4.69, 9.17) is 11.6 Å². The molecule has 0 saturated carbocycles. The fraction of sp³-hybridized carbons (Fsp3) is 0.0455. The maximum atomic E-state index is 12.2. The Hall–Kier alpha value is -3.44. The number of nitrogens with zero attached hydrogens (tertiary/aromatic N) is 1. The first-order valence-corrected chi connectivity index (χ1v) is 9.03. The van der Waals surface area contributed by atoms with E-state index in [1.165, 1.54) is 46.5 Å². The maximum Gasteiger partial charge on any atom is 0.288 e. The fourth-order valence-corrected chi connectivity index (χ4v) is 3.54. The van der Waals surface area contributed by atoms with Crippen LogP contribution >= 0.6 is 11.6 Å². The molecule has 5 nitrogen and oxygen atoms in total. The molecule has 0 saturated heterocycles. The predicted octanol–water partition coefficient (Wildman–Crippen LogP) is 5.47. The molecule has 0 spiro atoms. The summed E-state index contributed by atoms with van der Waals surface area (Å²) in [6, 6.07) is 18.5. The van der Waals surface area contributed by atoms with Gasteiger partial charge < -0.3 is 5.32 Å². The molecule has 3 aromatic rings. The van der Waals surface area contributed by atoms with E-state index in [0.29, 0.717) is 11.3 Å². The van der Waals surface area contributed by atoms with Crippen molar-refractivity contribution in [1.82, 2.24) is 0 Å². The number of benzene rings is 3. The second-order valence-electron chi connectivity index (χ2n) is 6.50. The molecule has 1 N–H and O–H groups in total. The number of carbonyl (C=O) groups is 1. The summed E-state index contributed by atoms with van der Waals surface area (Å²) in [5, 5.41) is 13.8. The van der Waals surface area contributed by atoms with Gasteiger partial charge in [-0.05, 0) is 58.5 Å². The summed E-state index contributed by atoms with van der Waals surface area (Å²) in [5.41, 5.74) is 5.93. The van der Waals surface area contributed by atoms with Gasteiger partial charge in [-0.1, -0.05) is 48.0 Å². The van der Waals surface area contributed by atoms with Crippen LogP contribution in [0.1, 0.15) is 16.7 Å². The molecule has 1 aliphatic carbocycles. The van der Waals surface area contributed by atoms with Crippen LogP contribution in [0.3, 0.4) is 0 Å². The van der Waals surface area contributed by atoms with Crippen LogP contribution in [0.15, 0.2) is 66.7 Å². The molecule has 28 heavy (non-hydrogen) atoms. The lowest BCUT2D eigenvalue weighted by Gasteiger charge is -2.06. The summed E-state index contributed by atoms with van der Waals surface area (Å²) in [7, 11) is 0. The Bertz CT molecular complexity index is 1140. The third-order valence-electron chi connectivity index (χ3n) is 4.66. The number of nitro benzene ring substituents is 1. The van der Waals surface area contributed by atoms with Gasteiger partial charge in [0.05, 0.1) is 4.92 Å². The number of fused-ring (bicyclic) bond motifs is 3. The number of nitrogens with one attached hydrogen (secondary N) is 1. The zero-order chi connectivity index (χ0) is 19.7. The third-order valence-corrected chi connectivity index (χ3v) is 4.97. The molecule has 0 aliphatic heterocycles. The van der Waals surface area contributed by atoms with Crippen LogP contribution in [0.4, 0.5) is 11.4 Å². The molecule has 1 aliphatic rings. The van der Waals surface area contributed by atoms with Crippen LogP contribution in [-0.2, 0) is 11.2 Å². The van der Waals surface area contributed by atoms with Crippen molar-refractivity contribution in [2.75, 3.05) is 5.32 Å². The van der Waals surface area contributed by atoms with Crippen molar-refractivity contribution in [3.8, 4) is 11.1 Å². The standard InChI is InChI=1S/C22H15ClN2O3/c23-20-9-5-14(11-21(20)25(27)28)6-10-22(26)24-17-7-8-19-16(13-17)12-15-3-1-2-4-18(15)19/h1-11,13H,12H2,(H,24,26)/b10-6+. The summed E-state index contributed by atoms with van der Waals surface area (Å²) in [6.07, 6.45) is 3.70. The van der Waals surface area contributed by atoms with E-state index in [1.807, 2.05) is 30.3 Å². The largest absolute Gasteiger partial charge is 0.323 e. The number of anilines is 1. The molecule has 0 unspecified atom stereocenters. The average molecular weight is 391 g/mol. The Labute approximate surface area is 166 Å². The second-order valence-corrected chi connectivity index (χ2v) is 6.90. The van der Waals surface area contributed by atoms with Gasteiger partial charge in [-0.3, -0.25) is 14.9 Å². The summed E-state index contributed by atoms with van der Waals surface area (Å²) in [6.45, 7) is 0. The van der Waals surface area contributed by atoms with Crippen LogP contribution < -0.4 is 5.32 Å². The molecule has 138 valence electrons. The zero-order valence-electron chi connectivity index (χ0n) is 14.7. The smallest absolute Gasteiger partial charge is 0.288 e. The molecule has 3 aromatic carbocycles. The highest BCUT2D eigenvalue weighted by atomic mass is 35.5. The van der Waals surface area contributed by atoms with Gasteiger partial charge in [-0.15, -0.1) is 0 Å². The van der Waals surface area contributed by atoms with E-state index in [-0.39, 0.29) is 16.6 Å². The molecule has 0 radical (unpaired) electrons. The number of amides is 1. The number of rotatable bonds is 4. The van der Waals surface area contributed by atoms with Crippen molar-refractivity contribution >= 4 is 35.0 Å². The predicted molar refractivity (Wildman–Crippen MR) is 110 cm³/mol. The van der Waals surface area contributed by atoms with Crippen LogP contribution in [-0.4, -0.2) is 10.8 Å². The van der Waals surface area contributed by atoms with Gasteiger partial charge in [-0.2, -0.15) is 0 Å². The van der Waals surface area contributed by atoms with Crippen molar-refractivity contribution in [2.45, 2.75) is 6.42 Å². The molecule has 0 aromatic heterocycles. The minimum Gasteiger partial charge on any atom is -0.323 e. The van der Waals surface area contributed by atoms with E-state index in [0.717, 1.165) is 6.42 Å². The lowest BCUT2D eigenvalue weighted by molar-refractivity contribution is -0.384. The number of halogens is 1. The molecule has 0 fully saturated rings.